The summed E-state index contributed by atoms with van der Waals surface area (Å²) in [6, 6.07) is 0. The summed E-state index contributed by atoms with van der Waals surface area (Å²) in [4.78, 5) is 9.95. The molecule has 1 heterocycles. The van der Waals surface area contributed by atoms with Gasteiger partial charge in [-0.05, 0) is 13.5 Å². The third-order valence-corrected chi connectivity index (χ3v) is 1.74. The minimum atomic E-state index is 0.671. The van der Waals surface area contributed by atoms with Gasteiger partial charge in [0, 0.05) is 25.8 Å². The molecule has 0 aliphatic carbocycles. The molecule has 0 saturated heterocycles. The smallest absolute Gasteiger partial charge is 0.207 e. The van der Waals surface area contributed by atoms with Gasteiger partial charge in [-0.1, -0.05) is 32.9 Å². The van der Waals surface area contributed by atoms with Crippen molar-refractivity contribution in [2.24, 2.45) is 0 Å². The summed E-state index contributed by atoms with van der Waals surface area (Å²) in [7, 11) is 1.87. The van der Waals surface area contributed by atoms with E-state index in [9.17, 15) is 4.79 Å². The molecule has 0 aliphatic rings. The van der Waals surface area contributed by atoms with Crippen LogP contribution in [-0.2, 0) is 17.9 Å². The molecule has 2 N–H and O–H groups in total. The first kappa shape index (κ1) is 18.9. The third kappa shape index (κ3) is 9.77. The zero-order chi connectivity index (χ0) is 14.2. The maximum absolute atomic E-state index is 9.95. The van der Waals surface area contributed by atoms with Crippen LogP contribution in [0, 0.1) is 0 Å². The fourth-order valence-corrected chi connectivity index (χ4v) is 1.11. The molecule has 0 unspecified atom stereocenters. The van der Waals surface area contributed by atoms with Crippen LogP contribution < -0.4 is 10.6 Å². The van der Waals surface area contributed by atoms with E-state index in [0.29, 0.717) is 13.0 Å². The van der Waals surface area contributed by atoms with E-state index in [4.69, 9.17) is 0 Å². The molecule has 6 heteroatoms. The normalized spacial score (nSPS) is 8.50. The van der Waals surface area contributed by atoms with Crippen LogP contribution in [0.1, 0.15) is 39.8 Å². The minimum Gasteiger partial charge on any atom is -0.359 e. The predicted molar refractivity (Wildman–Crippen MR) is 74.2 cm³/mol. The van der Waals surface area contributed by atoms with Crippen LogP contribution in [0.25, 0.3) is 0 Å². The lowest BCUT2D eigenvalue weighted by atomic mass is 10.4. The van der Waals surface area contributed by atoms with Crippen molar-refractivity contribution in [3.05, 3.63) is 11.9 Å². The highest BCUT2D eigenvalue weighted by Gasteiger charge is 1.98. The van der Waals surface area contributed by atoms with Gasteiger partial charge in [0.2, 0.25) is 6.41 Å². The highest BCUT2D eigenvalue weighted by Crippen LogP contribution is 1.93. The van der Waals surface area contributed by atoms with Crippen molar-refractivity contribution in [2.75, 3.05) is 13.6 Å². The van der Waals surface area contributed by atoms with Gasteiger partial charge in [0.1, 0.15) is 0 Å². The van der Waals surface area contributed by atoms with Crippen LogP contribution >= 0.6 is 0 Å². The Kier molecular flexibility index (Phi) is 16.4. The number of carbonyl (C=O) groups excluding carboxylic acids is 1. The number of hydrogen-bond acceptors (Lipinski definition) is 4. The van der Waals surface area contributed by atoms with E-state index in [-0.39, 0.29) is 0 Å². The Labute approximate surface area is 110 Å². The largest absolute Gasteiger partial charge is 0.359 e. The van der Waals surface area contributed by atoms with E-state index in [1.807, 2.05) is 40.9 Å². The standard InChI is InChI=1S/C8H15N5O.2C2H6/c1-9-5-8-6-13(12-11-8)4-2-3-10-7-14;2*1-2/h6-7,9H,2-5H2,1H3,(H,10,14);2*1-2H3. The second-order valence-electron chi connectivity index (χ2n) is 2.93. The highest BCUT2D eigenvalue weighted by molar-refractivity contribution is 5.45. The first-order valence-corrected chi connectivity index (χ1v) is 6.57. The molecule has 1 aromatic heterocycles. The van der Waals surface area contributed by atoms with E-state index in [1.165, 1.54) is 0 Å². The molecule has 1 aromatic rings. The lowest BCUT2D eigenvalue weighted by Crippen LogP contribution is -2.14. The van der Waals surface area contributed by atoms with Gasteiger partial charge in [0.25, 0.3) is 0 Å². The van der Waals surface area contributed by atoms with Gasteiger partial charge in [0.05, 0.1) is 5.69 Å². The molecule has 0 saturated carbocycles. The minimum absolute atomic E-state index is 0.671. The summed E-state index contributed by atoms with van der Waals surface area (Å²) in [5.41, 5.74) is 0.927. The lowest BCUT2D eigenvalue weighted by molar-refractivity contribution is -0.109. The van der Waals surface area contributed by atoms with Gasteiger partial charge in [-0.3, -0.25) is 9.48 Å². The van der Waals surface area contributed by atoms with Gasteiger partial charge < -0.3 is 10.6 Å². The third-order valence-electron chi connectivity index (χ3n) is 1.74. The second kappa shape index (κ2) is 15.6. The molecule has 1 amide bonds. The number of nitrogens with one attached hydrogen (secondary N) is 2. The molecule has 0 spiro atoms. The summed E-state index contributed by atoms with van der Waals surface area (Å²) in [5, 5.41) is 13.5. The predicted octanol–water partition coefficient (Wildman–Crippen LogP) is 1.19. The summed E-state index contributed by atoms with van der Waals surface area (Å²) in [5.74, 6) is 0. The van der Waals surface area contributed by atoms with Crippen molar-refractivity contribution >= 4 is 6.41 Å². The lowest BCUT2D eigenvalue weighted by Gasteiger charge is -1.98. The number of nitrogens with zero attached hydrogens (tertiary/aromatic N) is 3. The van der Waals surface area contributed by atoms with E-state index in [1.54, 1.807) is 4.68 Å². The SMILES string of the molecule is CC.CC.CNCc1cn(CCCNC=O)nn1. The molecule has 0 radical (unpaired) electrons. The molecule has 0 aliphatic heterocycles. The average Bonchev–Trinajstić information content (AvgIpc) is 2.88. The van der Waals surface area contributed by atoms with Crippen LogP contribution in [0.5, 0.6) is 0 Å². The number of carbonyl (C=O) groups is 1. The summed E-state index contributed by atoms with van der Waals surface area (Å²) >= 11 is 0. The van der Waals surface area contributed by atoms with Crippen LogP contribution in [0.15, 0.2) is 6.20 Å². The molecule has 106 valence electrons. The maximum atomic E-state index is 9.95. The fourth-order valence-electron chi connectivity index (χ4n) is 1.11. The maximum Gasteiger partial charge on any atom is 0.207 e. The Morgan fingerprint density at radius 3 is 2.56 bits per heavy atom. The van der Waals surface area contributed by atoms with Crippen molar-refractivity contribution in [2.45, 2.75) is 47.2 Å². The van der Waals surface area contributed by atoms with Crippen LogP contribution in [0.2, 0.25) is 0 Å². The van der Waals surface area contributed by atoms with Gasteiger partial charge in [-0.25, -0.2) is 0 Å². The van der Waals surface area contributed by atoms with E-state index in [2.05, 4.69) is 20.9 Å². The molecule has 0 bridgehead atoms. The molecule has 1 rings (SSSR count). The van der Waals surface area contributed by atoms with Gasteiger partial charge in [-0.2, -0.15) is 0 Å². The van der Waals surface area contributed by atoms with Gasteiger partial charge in [-0.15, -0.1) is 5.10 Å². The van der Waals surface area contributed by atoms with Crippen molar-refractivity contribution in [1.29, 1.82) is 0 Å². The van der Waals surface area contributed by atoms with Crippen molar-refractivity contribution in [1.82, 2.24) is 25.6 Å². The van der Waals surface area contributed by atoms with Crippen LogP contribution in [0.3, 0.4) is 0 Å². The van der Waals surface area contributed by atoms with Crippen LogP contribution in [0.4, 0.5) is 0 Å². The number of amides is 1. The Hall–Kier alpha value is -1.43. The van der Waals surface area contributed by atoms with Crippen molar-refractivity contribution in [3.8, 4) is 0 Å². The molecule has 18 heavy (non-hydrogen) atoms. The van der Waals surface area contributed by atoms with Crippen molar-refractivity contribution < 1.29 is 4.79 Å². The van der Waals surface area contributed by atoms with E-state index >= 15 is 0 Å². The molecular formula is C12H27N5O. The number of aryl methyl sites for hydroxylation is 1. The quantitative estimate of drug-likeness (QED) is 0.568. The van der Waals surface area contributed by atoms with E-state index in [0.717, 1.165) is 25.2 Å². The first-order chi connectivity index (χ1) is 8.86. The van der Waals surface area contributed by atoms with Gasteiger partial charge in [0.15, 0.2) is 0 Å². The van der Waals surface area contributed by atoms with E-state index < -0.39 is 0 Å². The fraction of sp³-hybridized carbons (Fsp3) is 0.750. The second-order valence-corrected chi connectivity index (χ2v) is 2.93. The zero-order valence-electron chi connectivity index (χ0n) is 12.2. The zero-order valence-corrected chi connectivity index (χ0v) is 12.2. The Balaban J connectivity index is 0. The Bertz CT molecular complexity index is 275. The molecule has 0 aromatic carbocycles. The molecule has 0 fully saturated rings. The van der Waals surface area contributed by atoms with Crippen LogP contribution in [-0.4, -0.2) is 35.0 Å². The molecule has 6 nitrogen and oxygen atoms in total. The Morgan fingerprint density at radius 2 is 2.00 bits per heavy atom. The molecular weight excluding hydrogens is 230 g/mol. The summed E-state index contributed by atoms with van der Waals surface area (Å²) in [6.07, 6.45) is 3.46. The molecule has 0 atom stereocenters. The first-order valence-electron chi connectivity index (χ1n) is 6.57. The number of hydrogen-bond donors (Lipinski definition) is 2. The topological polar surface area (TPSA) is 71.8 Å². The summed E-state index contributed by atoms with van der Waals surface area (Å²) < 4.78 is 1.78. The number of rotatable bonds is 7. The van der Waals surface area contributed by atoms with Crippen molar-refractivity contribution in [3.63, 3.8) is 0 Å². The monoisotopic (exact) mass is 257 g/mol. The highest BCUT2D eigenvalue weighted by atomic mass is 16.1. The average molecular weight is 257 g/mol. The van der Waals surface area contributed by atoms with Gasteiger partial charge >= 0.3 is 0 Å². The summed E-state index contributed by atoms with van der Waals surface area (Å²) in [6.45, 7) is 10.2. The Morgan fingerprint density at radius 1 is 1.33 bits per heavy atom. The number of aromatic nitrogens is 3.